The number of hydrogen-bond donors (Lipinski definition) is 0. The van der Waals surface area contributed by atoms with Gasteiger partial charge in [0.2, 0.25) is 5.78 Å². The molecule has 0 radical (unpaired) electrons. The van der Waals surface area contributed by atoms with Gasteiger partial charge in [-0.3, -0.25) is 4.79 Å². The molecule has 0 aliphatic rings. The molecule has 0 spiro atoms. The minimum absolute atomic E-state index is 0.726. The number of hydrogen-bond acceptors (Lipinski definition) is 3. The zero-order valence-corrected chi connectivity index (χ0v) is 13.1. The van der Waals surface area contributed by atoms with E-state index in [-0.39, 0.29) is 0 Å². The maximum atomic E-state index is 13.6. The van der Waals surface area contributed by atoms with Gasteiger partial charge >= 0.3 is 5.97 Å². The van der Waals surface area contributed by atoms with Crippen molar-refractivity contribution in [2.75, 3.05) is 0 Å². The van der Waals surface area contributed by atoms with E-state index < -0.39 is 23.5 Å². The summed E-state index contributed by atoms with van der Waals surface area (Å²) in [5, 5.41) is 0. The van der Waals surface area contributed by atoms with Gasteiger partial charge in [0.1, 0.15) is 5.60 Å². The lowest BCUT2D eigenvalue weighted by Crippen LogP contribution is -2.33. The first-order chi connectivity index (χ1) is 9.19. The summed E-state index contributed by atoms with van der Waals surface area (Å²) in [6.45, 7) is 4.83. The van der Waals surface area contributed by atoms with E-state index in [0.717, 1.165) is 16.1 Å². The number of rotatable bonds is 4. The predicted octanol–water partition coefficient (Wildman–Crippen LogP) is 3.71. The van der Waals surface area contributed by atoms with E-state index in [1.165, 1.54) is 6.08 Å². The molecule has 3 nitrogen and oxygen atoms in total. The summed E-state index contributed by atoms with van der Waals surface area (Å²) in [4.78, 5) is 23.0. The number of allylic oxidation sites excluding steroid dienone is 1. The molecule has 0 aromatic heterocycles. The van der Waals surface area contributed by atoms with Gasteiger partial charge in [-0.2, -0.15) is 0 Å². The summed E-state index contributed by atoms with van der Waals surface area (Å²) in [6.07, 6.45) is 0.193. The van der Waals surface area contributed by atoms with Crippen LogP contribution in [0.3, 0.4) is 0 Å². The van der Waals surface area contributed by atoms with Crippen molar-refractivity contribution in [2.24, 2.45) is 0 Å². The molecule has 1 aromatic carbocycles. The van der Waals surface area contributed by atoms with Gasteiger partial charge in [-0.15, -0.1) is 0 Å². The van der Waals surface area contributed by atoms with Gasteiger partial charge in [0.25, 0.3) is 6.17 Å². The second-order valence-electron chi connectivity index (χ2n) is 5.19. The van der Waals surface area contributed by atoms with Crippen LogP contribution in [0, 0.1) is 0 Å². The standard InChI is InChI=1S/C15H16BrFO3/c1-15(2,3)20-14(19)13(17)12(18)8-7-10-5-4-6-11(16)9-10/h4-9,13H,1-3H3/b8-7+. The summed E-state index contributed by atoms with van der Waals surface area (Å²) in [6, 6.07) is 7.15. The van der Waals surface area contributed by atoms with Crippen molar-refractivity contribution in [1.29, 1.82) is 0 Å². The fourth-order valence-electron chi connectivity index (χ4n) is 1.34. The van der Waals surface area contributed by atoms with E-state index in [1.54, 1.807) is 39.0 Å². The molecule has 5 heteroatoms. The number of ketones is 1. The largest absolute Gasteiger partial charge is 0.457 e. The molecule has 0 bridgehead atoms. The Balaban J connectivity index is 2.68. The van der Waals surface area contributed by atoms with E-state index in [9.17, 15) is 14.0 Å². The Morgan fingerprint density at radius 2 is 2.00 bits per heavy atom. The molecule has 20 heavy (non-hydrogen) atoms. The van der Waals surface area contributed by atoms with Gasteiger partial charge in [0.15, 0.2) is 0 Å². The number of esters is 1. The normalized spacial score (nSPS) is 13.2. The Labute approximate surface area is 125 Å². The quantitative estimate of drug-likeness (QED) is 0.476. The molecule has 0 amide bonds. The summed E-state index contributed by atoms with van der Waals surface area (Å²) in [5.41, 5.74) is -0.0977. The highest BCUT2D eigenvalue weighted by Gasteiger charge is 2.29. The van der Waals surface area contributed by atoms with Crippen LogP contribution in [0.2, 0.25) is 0 Å². The highest BCUT2D eigenvalue weighted by Crippen LogP contribution is 2.14. The lowest BCUT2D eigenvalue weighted by molar-refractivity contribution is -0.162. The minimum Gasteiger partial charge on any atom is -0.457 e. The third kappa shape index (κ3) is 5.65. The van der Waals surface area contributed by atoms with Crippen LogP contribution in [0.1, 0.15) is 26.3 Å². The zero-order chi connectivity index (χ0) is 15.3. The number of ether oxygens (including phenoxy) is 1. The molecule has 0 aliphatic heterocycles. The van der Waals surface area contributed by atoms with Gasteiger partial charge in [-0.05, 0) is 44.5 Å². The van der Waals surface area contributed by atoms with Crippen molar-refractivity contribution in [3.63, 3.8) is 0 Å². The van der Waals surface area contributed by atoms with E-state index in [1.807, 2.05) is 6.07 Å². The van der Waals surface area contributed by atoms with Crippen LogP contribution < -0.4 is 0 Å². The third-order valence-corrected chi connectivity index (χ3v) is 2.65. The molecule has 1 aromatic rings. The first-order valence-corrected chi connectivity index (χ1v) is 6.83. The lowest BCUT2D eigenvalue weighted by atomic mass is 10.1. The molecule has 1 rings (SSSR count). The molecule has 1 atom stereocenters. The number of benzene rings is 1. The molecule has 0 aliphatic carbocycles. The van der Waals surface area contributed by atoms with Crippen LogP contribution in [0.4, 0.5) is 4.39 Å². The highest BCUT2D eigenvalue weighted by atomic mass is 79.9. The maximum Gasteiger partial charge on any atom is 0.349 e. The molecule has 0 saturated carbocycles. The lowest BCUT2D eigenvalue weighted by Gasteiger charge is -2.20. The topological polar surface area (TPSA) is 43.4 Å². The molecule has 1 unspecified atom stereocenters. The maximum absolute atomic E-state index is 13.6. The summed E-state index contributed by atoms with van der Waals surface area (Å²) < 4.78 is 19.3. The first-order valence-electron chi connectivity index (χ1n) is 6.03. The van der Waals surface area contributed by atoms with E-state index >= 15 is 0 Å². The predicted molar refractivity (Wildman–Crippen MR) is 78.9 cm³/mol. The Hall–Kier alpha value is -1.49. The molecule has 0 fully saturated rings. The van der Waals surface area contributed by atoms with Crippen molar-refractivity contribution in [1.82, 2.24) is 0 Å². The van der Waals surface area contributed by atoms with Crippen LogP contribution in [0.5, 0.6) is 0 Å². The van der Waals surface area contributed by atoms with Crippen molar-refractivity contribution in [2.45, 2.75) is 32.5 Å². The van der Waals surface area contributed by atoms with Gasteiger partial charge in [-0.1, -0.05) is 34.1 Å². The van der Waals surface area contributed by atoms with Crippen molar-refractivity contribution in [3.8, 4) is 0 Å². The number of carbonyl (C=O) groups is 2. The van der Waals surface area contributed by atoms with Crippen molar-refractivity contribution in [3.05, 3.63) is 40.4 Å². The van der Waals surface area contributed by atoms with Crippen LogP contribution in [0.25, 0.3) is 6.08 Å². The molecule has 0 N–H and O–H groups in total. The first kappa shape index (κ1) is 16.6. The number of halogens is 2. The molecule has 0 saturated heterocycles. The SMILES string of the molecule is CC(C)(C)OC(=O)C(F)C(=O)/C=C/c1cccc(Br)c1. The van der Waals surface area contributed by atoms with Crippen LogP contribution >= 0.6 is 15.9 Å². The van der Waals surface area contributed by atoms with Gasteiger partial charge < -0.3 is 4.74 Å². The molecule has 0 heterocycles. The van der Waals surface area contributed by atoms with Crippen molar-refractivity contribution >= 4 is 33.8 Å². The fraction of sp³-hybridized carbons (Fsp3) is 0.333. The van der Waals surface area contributed by atoms with Crippen LogP contribution in [-0.2, 0) is 14.3 Å². The average molecular weight is 343 g/mol. The summed E-state index contributed by atoms with van der Waals surface area (Å²) in [5.74, 6) is -2.10. The zero-order valence-electron chi connectivity index (χ0n) is 11.5. The highest BCUT2D eigenvalue weighted by molar-refractivity contribution is 9.10. The Morgan fingerprint density at radius 1 is 1.35 bits per heavy atom. The monoisotopic (exact) mass is 342 g/mol. The third-order valence-electron chi connectivity index (χ3n) is 2.15. The number of carbonyl (C=O) groups excluding carboxylic acids is 2. The number of alkyl halides is 1. The molecular formula is C15H16BrFO3. The van der Waals surface area contributed by atoms with Gasteiger partial charge in [0, 0.05) is 4.47 Å². The Bertz CT molecular complexity index is 532. The summed E-state index contributed by atoms with van der Waals surface area (Å²) in [7, 11) is 0. The van der Waals surface area contributed by atoms with Crippen LogP contribution in [0.15, 0.2) is 34.8 Å². The fourth-order valence-corrected chi connectivity index (χ4v) is 1.76. The second kappa shape index (κ2) is 6.79. The van der Waals surface area contributed by atoms with E-state index in [4.69, 9.17) is 4.74 Å². The van der Waals surface area contributed by atoms with Gasteiger partial charge in [0.05, 0.1) is 0 Å². The summed E-state index contributed by atoms with van der Waals surface area (Å²) >= 11 is 3.29. The van der Waals surface area contributed by atoms with E-state index in [2.05, 4.69) is 15.9 Å². The second-order valence-corrected chi connectivity index (χ2v) is 6.10. The smallest absolute Gasteiger partial charge is 0.349 e. The van der Waals surface area contributed by atoms with Gasteiger partial charge in [-0.25, -0.2) is 9.18 Å². The molecular weight excluding hydrogens is 327 g/mol. The van der Waals surface area contributed by atoms with E-state index in [0.29, 0.717) is 0 Å². The Morgan fingerprint density at radius 3 is 2.55 bits per heavy atom. The average Bonchev–Trinajstić information content (AvgIpc) is 2.33. The minimum atomic E-state index is -2.29. The molecule has 108 valence electrons. The van der Waals surface area contributed by atoms with Crippen LogP contribution in [-0.4, -0.2) is 23.5 Å². The van der Waals surface area contributed by atoms with Crippen molar-refractivity contribution < 1.29 is 18.7 Å². The Kier molecular flexibility index (Phi) is 5.62.